The lowest BCUT2D eigenvalue weighted by molar-refractivity contribution is 0.598. The largest absolute Gasteiger partial charge is 0.370 e. The van der Waals surface area contributed by atoms with Crippen LogP contribution in [0.1, 0.15) is 11.1 Å². The maximum atomic E-state index is 11.3. The molecule has 0 aliphatic rings. The zero-order valence-electron chi connectivity index (χ0n) is 14.7. The molecule has 27 heavy (non-hydrogen) atoms. The lowest BCUT2D eigenvalue weighted by Gasteiger charge is -2.09. The summed E-state index contributed by atoms with van der Waals surface area (Å²) >= 11 is 0. The minimum atomic E-state index is -3.65. The van der Waals surface area contributed by atoms with Crippen LogP contribution in [0.25, 0.3) is 0 Å². The van der Waals surface area contributed by atoms with Gasteiger partial charge in [-0.15, -0.1) is 0 Å². The number of sulfonamides is 1. The molecular formula is C19H21N5O2S. The van der Waals surface area contributed by atoms with Crippen molar-refractivity contribution in [1.82, 2.24) is 9.97 Å². The van der Waals surface area contributed by atoms with E-state index < -0.39 is 10.0 Å². The topological polar surface area (TPSA) is 110 Å². The van der Waals surface area contributed by atoms with Gasteiger partial charge in [-0.05, 0) is 29.7 Å². The molecule has 3 rings (SSSR count). The van der Waals surface area contributed by atoms with Gasteiger partial charge in [0.1, 0.15) is 18.0 Å². The van der Waals surface area contributed by atoms with E-state index in [1.807, 2.05) is 24.3 Å². The molecule has 8 heteroatoms. The lowest BCUT2D eigenvalue weighted by Crippen LogP contribution is -2.12. The number of aromatic nitrogens is 2. The second-order valence-corrected chi connectivity index (χ2v) is 7.55. The predicted molar refractivity (Wildman–Crippen MR) is 106 cm³/mol. The third-order valence-electron chi connectivity index (χ3n) is 3.96. The Balaban J connectivity index is 1.51. The van der Waals surface area contributed by atoms with Crippen LogP contribution in [0.5, 0.6) is 0 Å². The molecule has 0 aliphatic carbocycles. The maximum absolute atomic E-state index is 11.3. The molecule has 1 aromatic heterocycles. The summed E-state index contributed by atoms with van der Waals surface area (Å²) < 4.78 is 22.5. The molecule has 140 valence electrons. The van der Waals surface area contributed by atoms with Crippen LogP contribution < -0.4 is 15.8 Å². The van der Waals surface area contributed by atoms with Crippen molar-refractivity contribution in [2.45, 2.75) is 17.9 Å². The monoisotopic (exact) mass is 383 g/mol. The summed E-state index contributed by atoms with van der Waals surface area (Å²) in [6, 6.07) is 18.5. The van der Waals surface area contributed by atoms with Crippen molar-refractivity contribution in [3.63, 3.8) is 0 Å². The number of anilines is 2. The van der Waals surface area contributed by atoms with E-state index in [-0.39, 0.29) is 4.90 Å². The second kappa shape index (κ2) is 8.61. The molecule has 0 aliphatic heterocycles. The first-order valence-electron chi connectivity index (χ1n) is 8.46. The number of nitrogens with one attached hydrogen (secondary N) is 2. The molecule has 4 N–H and O–H groups in total. The van der Waals surface area contributed by atoms with Crippen molar-refractivity contribution in [2.24, 2.45) is 5.14 Å². The Kier molecular flexibility index (Phi) is 6.00. The van der Waals surface area contributed by atoms with Crippen molar-refractivity contribution in [2.75, 3.05) is 17.2 Å². The zero-order chi connectivity index (χ0) is 19.1. The summed E-state index contributed by atoms with van der Waals surface area (Å²) in [6.07, 6.45) is 2.23. The number of primary sulfonamides is 1. The molecule has 0 spiro atoms. The third-order valence-corrected chi connectivity index (χ3v) is 4.88. The summed E-state index contributed by atoms with van der Waals surface area (Å²) in [5, 5.41) is 11.6. The van der Waals surface area contributed by atoms with Crippen LogP contribution in [0, 0.1) is 0 Å². The number of benzene rings is 2. The van der Waals surface area contributed by atoms with Crippen LogP contribution in [0.15, 0.2) is 71.9 Å². The number of rotatable bonds is 8. The van der Waals surface area contributed by atoms with E-state index in [2.05, 4.69) is 32.7 Å². The number of hydrogen-bond donors (Lipinski definition) is 3. The Morgan fingerprint density at radius 3 is 2.19 bits per heavy atom. The van der Waals surface area contributed by atoms with Gasteiger partial charge in [0.15, 0.2) is 0 Å². The quantitative estimate of drug-likeness (QED) is 0.551. The van der Waals surface area contributed by atoms with E-state index in [0.29, 0.717) is 13.1 Å². The van der Waals surface area contributed by atoms with Gasteiger partial charge >= 0.3 is 0 Å². The maximum Gasteiger partial charge on any atom is 0.238 e. The zero-order valence-corrected chi connectivity index (χ0v) is 15.5. The Morgan fingerprint density at radius 1 is 0.852 bits per heavy atom. The van der Waals surface area contributed by atoms with Gasteiger partial charge in [0.25, 0.3) is 0 Å². The summed E-state index contributed by atoms with van der Waals surface area (Å²) in [6.45, 7) is 1.34. The molecule has 2 aromatic carbocycles. The summed E-state index contributed by atoms with van der Waals surface area (Å²) in [4.78, 5) is 8.55. The van der Waals surface area contributed by atoms with Crippen LogP contribution in [-0.2, 0) is 23.0 Å². The average Bonchev–Trinajstić information content (AvgIpc) is 2.67. The van der Waals surface area contributed by atoms with Gasteiger partial charge in [-0.3, -0.25) is 0 Å². The first-order valence-corrected chi connectivity index (χ1v) is 10.0. The molecule has 0 bridgehead atoms. The Hall–Kier alpha value is -2.97. The van der Waals surface area contributed by atoms with E-state index in [0.717, 1.165) is 23.6 Å². The molecule has 0 amide bonds. The fourth-order valence-corrected chi connectivity index (χ4v) is 3.04. The SMILES string of the molecule is NS(=O)(=O)c1ccc(CCNc2cc(NCc3ccccc3)ncn2)cc1. The van der Waals surface area contributed by atoms with Gasteiger partial charge in [0.2, 0.25) is 10.0 Å². The van der Waals surface area contributed by atoms with Gasteiger partial charge in [-0.2, -0.15) is 0 Å². The molecule has 0 atom stereocenters. The summed E-state index contributed by atoms with van der Waals surface area (Å²) in [5.74, 6) is 1.47. The predicted octanol–water partition coefficient (Wildman–Crippen LogP) is 2.39. The molecule has 0 saturated heterocycles. The standard InChI is InChI=1S/C19H21N5O2S/c20-27(25,26)17-8-6-15(7-9-17)10-11-21-18-12-19(24-14-23-18)22-13-16-4-2-1-3-5-16/h1-9,12,14H,10-11,13H2,(H2,20,25,26)(H2,21,22,23,24). The van der Waals surface area contributed by atoms with Gasteiger partial charge in [-0.25, -0.2) is 23.5 Å². The smallest absolute Gasteiger partial charge is 0.238 e. The van der Waals surface area contributed by atoms with Gasteiger partial charge in [0.05, 0.1) is 4.90 Å². The molecule has 0 radical (unpaired) electrons. The molecule has 3 aromatic rings. The van der Waals surface area contributed by atoms with Crippen LogP contribution in [0.4, 0.5) is 11.6 Å². The average molecular weight is 383 g/mol. The van der Waals surface area contributed by atoms with Gasteiger partial charge < -0.3 is 10.6 Å². The Labute approximate surface area is 158 Å². The Bertz CT molecular complexity index is 976. The highest BCUT2D eigenvalue weighted by atomic mass is 32.2. The van der Waals surface area contributed by atoms with Gasteiger partial charge in [0, 0.05) is 19.2 Å². The summed E-state index contributed by atoms with van der Waals surface area (Å²) in [5.41, 5.74) is 2.18. The van der Waals surface area contributed by atoms with Crippen molar-refractivity contribution >= 4 is 21.7 Å². The highest BCUT2D eigenvalue weighted by Crippen LogP contribution is 2.12. The Morgan fingerprint density at radius 2 is 1.52 bits per heavy atom. The van der Waals surface area contributed by atoms with Crippen LogP contribution in [0.2, 0.25) is 0 Å². The van der Waals surface area contributed by atoms with Crippen molar-refractivity contribution < 1.29 is 8.42 Å². The number of hydrogen-bond acceptors (Lipinski definition) is 6. The first kappa shape index (κ1) is 18.8. The number of nitrogens with zero attached hydrogens (tertiary/aromatic N) is 2. The van der Waals surface area contributed by atoms with Gasteiger partial charge in [-0.1, -0.05) is 42.5 Å². The van der Waals surface area contributed by atoms with E-state index in [1.165, 1.54) is 24.0 Å². The molecule has 1 heterocycles. The normalized spacial score (nSPS) is 11.1. The van der Waals surface area contributed by atoms with Crippen LogP contribution in [-0.4, -0.2) is 24.9 Å². The molecule has 0 unspecified atom stereocenters. The van der Waals surface area contributed by atoms with E-state index in [1.54, 1.807) is 12.1 Å². The fraction of sp³-hybridized carbons (Fsp3) is 0.158. The van der Waals surface area contributed by atoms with Crippen molar-refractivity contribution in [3.8, 4) is 0 Å². The molecule has 0 fully saturated rings. The minimum absolute atomic E-state index is 0.115. The summed E-state index contributed by atoms with van der Waals surface area (Å²) in [7, 11) is -3.65. The van der Waals surface area contributed by atoms with E-state index in [4.69, 9.17) is 5.14 Å². The van der Waals surface area contributed by atoms with Crippen LogP contribution in [0.3, 0.4) is 0 Å². The van der Waals surface area contributed by atoms with E-state index >= 15 is 0 Å². The van der Waals surface area contributed by atoms with E-state index in [9.17, 15) is 8.42 Å². The third kappa shape index (κ3) is 5.77. The fourth-order valence-electron chi connectivity index (χ4n) is 2.52. The second-order valence-electron chi connectivity index (χ2n) is 5.99. The highest BCUT2D eigenvalue weighted by molar-refractivity contribution is 7.89. The number of nitrogens with two attached hydrogens (primary N) is 1. The minimum Gasteiger partial charge on any atom is -0.370 e. The highest BCUT2D eigenvalue weighted by Gasteiger charge is 2.06. The molecule has 0 saturated carbocycles. The van der Waals surface area contributed by atoms with Crippen LogP contribution >= 0.6 is 0 Å². The lowest BCUT2D eigenvalue weighted by atomic mass is 10.1. The molecular weight excluding hydrogens is 362 g/mol. The van der Waals surface area contributed by atoms with Crippen molar-refractivity contribution in [3.05, 3.63) is 78.1 Å². The molecule has 7 nitrogen and oxygen atoms in total. The first-order chi connectivity index (χ1) is 13.0. The van der Waals surface area contributed by atoms with Crippen molar-refractivity contribution in [1.29, 1.82) is 0 Å².